The molecule has 0 amide bonds. The minimum Gasteiger partial charge on any atom is -0.377 e. The standard InChI is InChI=1S/C14H17F2N3/c1-4-10-6-11(19(3)18-10)8-17-14-7-12(15)9(2)5-13(14)16/h5-7,17H,4,8H2,1-3H3. The van der Waals surface area contributed by atoms with E-state index < -0.39 is 11.6 Å². The molecule has 0 unspecified atom stereocenters. The van der Waals surface area contributed by atoms with Crippen LogP contribution < -0.4 is 5.32 Å². The molecule has 2 rings (SSSR count). The van der Waals surface area contributed by atoms with E-state index in [-0.39, 0.29) is 5.69 Å². The van der Waals surface area contributed by atoms with Crippen molar-refractivity contribution < 1.29 is 8.78 Å². The molecule has 0 aliphatic carbocycles. The first-order valence-corrected chi connectivity index (χ1v) is 6.22. The van der Waals surface area contributed by atoms with Crippen molar-refractivity contribution in [2.75, 3.05) is 5.32 Å². The lowest BCUT2D eigenvalue weighted by molar-refractivity contribution is 0.594. The van der Waals surface area contributed by atoms with Crippen LogP contribution in [0.2, 0.25) is 0 Å². The van der Waals surface area contributed by atoms with E-state index in [2.05, 4.69) is 10.4 Å². The van der Waals surface area contributed by atoms with Gasteiger partial charge in [0.05, 0.1) is 23.6 Å². The predicted molar refractivity (Wildman–Crippen MR) is 71.0 cm³/mol. The van der Waals surface area contributed by atoms with Gasteiger partial charge in [0.25, 0.3) is 0 Å². The van der Waals surface area contributed by atoms with Gasteiger partial charge < -0.3 is 5.32 Å². The highest BCUT2D eigenvalue weighted by Crippen LogP contribution is 2.19. The minimum absolute atomic E-state index is 0.169. The average Bonchev–Trinajstić information content (AvgIpc) is 2.73. The summed E-state index contributed by atoms with van der Waals surface area (Å²) in [5.41, 5.74) is 2.38. The van der Waals surface area contributed by atoms with E-state index in [1.54, 1.807) is 4.68 Å². The van der Waals surface area contributed by atoms with E-state index in [0.29, 0.717) is 12.1 Å². The monoisotopic (exact) mass is 265 g/mol. The van der Waals surface area contributed by atoms with Crippen LogP contribution in [0.25, 0.3) is 0 Å². The zero-order valence-corrected chi connectivity index (χ0v) is 11.3. The Kier molecular flexibility index (Phi) is 3.83. The third-order valence-electron chi connectivity index (χ3n) is 3.10. The third-order valence-corrected chi connectivity index (χ3v) is 3.10. The number of nitrogens with zero attached hydrogens (tertiary/aromatic N) is 2. The molecule has 5 heteroatoms. The number of anilines is 1. The van der Waals surface area contributed by atoms with Gasteiger partial charge in [-0.1, -0.05) is 6.92 Å². The van der Waals surface area contributed by atoms with Crippen LogP contribution >= 0.6 is 0 Å². The molecule has 0 saturated carbocycles. The summed E-state index contributed by atoms with van der Waals surface area (Å²) < 4.78 is 28.8. The summed E-state index contributed by atoms with van der Waals surface area (Å²) in [5, 5.41) is 7.20. The topological polar surface area (TPSA) is 29.9 Å². The van der Waals surface area contributed by atoms with Crippen LogP contribution in [0, 0.1) is 18.6 Å². The fourth-order valence-electron chi connectivity index (χ4n) is 1.88. The number of aromatic nitrogens is 2. The normalized spacial score (nSPS) is 10.8. The van der Waals surface area contributed by atoms with Crippen molar-refractivity contribution >= 4 is 5.69 Å². The van der Waals surface area contributed by atoms with Crippen LogP contribution in [0.15, 0.2) is 18.2 Å². The summed E-state index contributed by atoms with van der Waals surface area (Å²) >= 11 is 0. The lowest BCUT2D eigenvalue weighted by atomic mass is 10.2. The number of aryl methyl sites for hydroxylation is 3. The van der Waals surface area contributed by atoms with Crippen LogP contribution in [0.5, 0.6) is 0 Å². The molecule has 0 saturated heterocycles. The Morgan fingerprint density at radius 1 is 1.21 bits per heavy atom. The molecular formula is C14H17F2N3. The lowest BCUT2D eigenvalue weighted by Gasteiger charge is -2.09. The van der Waals surface area contributed by atoms with Crippen molar-refractivity contribution in [3.05, 3.63) is 46.8 Å². The van der Waals surface area contributed by atoms with Crippen molar-refractivity contribution in [2.45, 2.75) is 26.8 Å². The smallest absolute Gasteiger partial charge is 0.146 e. The molecule has 3 nitrogen and oxygen atoms in total. The van der Waals surface area contributed by atoms with Crippen molar-refractivity contribution in [2.24, 2.45) is 7.05 Å². The number of nitrogens with one attached hydrogen (secondary N) is 1. The largest absolute Gasteiger partial charge is 0.377 e. The van der Waals surface area contributed by atoms with Crippen molar-refractivity contribution in [3.8, 4) is 0 Å². The molecular weight excluding hydrogens is 248 g/mol. The number of rotatable bonds is 4. The third kappa shape index (κ3) is 2.92. The molecule has 1 N–H and O–H groups in total. The number of hydrogen-bond acceptors (Lipinski definition) is 2. The maximum absolute atomic E-state index is 13.7. The molecule has 19 heavy (non-hydrogen) atoms. The Morgan fingerprint density at radius 2 is 1.95 bits per heavy atom. The van der Waals surface area contributed by atoms with E-state index >= 15 is 0 Å². The van der Waals surface area contributed by atoms with Gasteiger partial charge in [-0.2, -0.15) is 5.10 Å². The van der Waals surface area contributed by atoms with Gasteiger partial charge >= 0.3 is 0 Å². The fraction of sp³-hybridized carbons (Fsp3) is 0.357. The molecule has 0 aliphatic heterocycles. The van der Waals surface area contributed by atoms with E-state index in [1.807, 2.05) is 20.0 Å². The Labute approximate surface area is 111 Å². The first-order chi connectivity index (χ1) is 9.01. The Bertz CT molecular complexity index is 591. The summed E-state index contributed by atoms with van der Waals surface area (Å²) in [6.07, 6.45) is 0.849. The maximum Gasteiger partial charge on any atom is 0.146 e. The molecule has 0 fully saturated rings. The van der Waals surface area contributed by atoms with Gasteiger partial charge in [-0.05, 0) is 31.0 Å². The highest BCUT2D eigenvalue weighted by atomic mass is 19.1. The van der Waals surface area contributed by atoms with Crippen LogP contribution in [-0.4, -0.2) is 9.78 Å². The van der Waals surface area contributed by atoms with Crippen LogP contribution in [0.1, 0.15) is 23.9 Å². The molecule has 0 aliphatic rings. The zero-order chi connectivity index (χ0) is 14.0. The van der Waals surface area contributed by atoms with E-state index in [4.69, 9.17) is 0 Å². The van der Waals surface area contributed by atoms with Gasteiger partial charge in [0.15, 0.2) is 0 Å². The number of halogens is 2. The first-order valence-electron chi connectivity index (χ1n) is 6.22. The second-order valence-corrected chi connectivity index (χ2v) is 4.54. The van der Waals surface area contributed by atoms with Gasteiger partial charge in [-0.15, -0.1) is 0 Å². The van der Waals surface area contributed by atoms with Crippen LogP contribution in [-0.2, 0) is 20.0 Å². The quantitative estimate of drug-likeness (QED) is 0.920. The van der Waals surface area contributed by atoms with E-state index in [0.717, 1.165) is 17.8 Å². The van der Waals surface area contributed by atoms with Gasteiger partial charge in [-0.3, -0.25) is 4.68 Å². The molecule has 0 spiro atoms. The molecule has 0 atom stereocenters. The predicted octanol–water partition coefficient (Wildman–Crippen LogP) is 3.18. The molecule has 0 radical (unpaired) electrons. The Balaban J connectivity index is 2.14. The summed E-state index contributed by atoms with van der Waals surface area (Å²) in [5.74, 6) is -0.861. The summed E-state index contributed by atoms with van der Waals surface area (Å²) in [7, 11) is 1.84. The van der Waals surface area contributed by atoms with Gasteiger partial charge in [0.1, 0.15) is 11.6 Å². The molecule has 2 aromatic rings. The fourth-order valence-corrected chi connectivity index (χ4v) is 1.88. The van der Waals surface area contributed by atoms with Gasteiger partial charge in [0, 0.05) is 13.1 Å². The second-order valence-electron chi connectivity index (χ2n) is 4.54. The molecule has 1 heterocycles. The van der Waals surface area contributed by atoms with E-state index in [9.17, 15) is 8.78 Å². The van der Waals surface area contributed by atoms with Gasteiger partial charge in [0.2, 0.25) is 0 Å². The van der Waals surface area contributed by atoms with Crippen LogP contribution in [0.4, 0.5) is 14.5 Å². The molecule has 102 valence electrons. The summed E-state index contributed by atoms with van der Waals surface area (Å²) in [4.78, 5) is 0. The number of benzene rings is 1. The van der Waals surface area contributed by atoms with Crippen molar-refractivity contribution in [3.63, 3.8) is 0 Å². The highest BCUT2D eigenvalue weighted by molar-refractivity contribution is 5.47. The summed E-state index contributed by atoms with van der Waals surface area (Å²) in [6, 6.07) is 4.33. The highest BCUT2D eigenvalue weighted by Gasteiger charge is 2.08. The van der Waals surface area contributed by atoms with Gasteiger partial charge in [-0.25, -0.2) is 8.78 Å². The molecule has 0 bridgehead atoms. The van der Waals surface area contributed by atoms with E-state index in [1.165, 1.54) is 19.1 Å². The lowest BCUT2D eigenvalue weighted by Crippen LogP contribution is -2.07. The first kappa shape index (κ1) is 13.5. The summed E-state index contributed by atoms with van der Waals surface area (Å²) in [6.45, 7) is 3.97. The minimum atomic E-state index is -0.447. The average molecular weight is 265 g/mol. The molecule has 1 aromatic carbocycles. The van der Waals surface area contributed by atoms with Crippen LogP contribution in [0.3, 0.4) is 0 Å². The maximum atomic E-state index is 13.7. The Morgan fingerprint density at radius 3 is 2.58 bits per heavy atom. The van der Waals surface area contributed by atoms with Crippen molar-refractivity contribution in [1.29, 1.82) is 0 Å². The second kappa shape index (κ2) is 5.38. The zero-order valence-electron chi connectivity index (χ0n) is 11.3. The SMILES string of the molecule is CCc1cc(CNc2cc(F)c(C)cc2F)n(C)n1. The number of hydrogen-bond donors (Lipinski definition) is 1. The van der Waals surface area contributed by atoms with Crippen molar-refractivity contribution in [1.82, 2.24) is 9.78 Å². The Hall–Kier alpha value is -1.91. The molecule has 1 aromatic heterocycles.